The van der Waals surface area contributed by atoms with E-state index in [1.807, 2.05) is 6.92 Å². The molecule has 2 N–H and O–H groups in total. The number of rotatable bonds is 2. The summed E-state index contributed by atoms with van der Waals surface area (Å²) in [7, 11) is -2.91. The van der Waals surface area contributed by atoms with Crippen molar-refractivity contribution in [1.29, 1.82) is 0 Å². The molecule has 2 heterocycles. The van der Waals surface area contributed by atoms with Gasteiger partial charge in [0, 0.05) is 5.92 Å². The molecule has 0 saturated carbocycles. The van der Waals surface area contributed by atoms with E-state index in [0.717, 1.165) is 12.1 Å². The minimum Gasteiger partial charge on any atom is -0.444 e. The highest BCUT2D eigenvalue weighted by molar-refractivity contribution is 7.91. The van der Waals surface area contributed by atoms with Gasteiger partial charge in [0.25, 0.3) is 0 Å². The van der Waals surface area contributed by atoms with Crippen LogP contribution in [0.15, 0.2) is 4.42 Å². The normalized spacial score (nSPS) is 24.5. The van der Waals surface area contributed by atoms with Crippen LogP contribution in [0, 0.1) is 6.92 Å². The fourth-order valence-electron chi connectivity index (χ4n) is 2.17. The third-order valence-corrected chi connectivity index (χ3v) is 4.72. The monoisotopic (exact) mass is 244 g/mol. The first kappa shape index (κ1) is 11.6. The van der Waals surface area contributed by atoms with Crippen molar-refractivity contribution in [2.24, 2.45) is 5.73 Å². The summed E-state index contributed by atoms with van der Waals surface area (Å²) in [5.74, 6) is 1.63. The molecular weight excluding hydrogens is 228 g/mol. The largest absolute Gasteiger partial charge is 0.444 e. The summed E-state index contributed by atoms with van der Waals surface area (Å²) in [5.41, 5.74) is 6.21. The van der Waals surface area contributed by atoms with Gasteiger partial charge < -0.3 is 10.2 Å². The minimum atomic E-state index is -2.91. The molecule has 1 aromatic heterocycles. The molecule has 5 nitrogen and oxygen atoms in total. The maximum atomic E-state index is 11.5. The Morgan fingerprint density at radius 1 is 1.56 bits per heavy atom. The summed E-state index contributed by atoms with van der Waals surface area (Å²) in [6.07, 6.45) is 1.56. The number of hydrogen-bond donors (Lipinski definition) is 1. The Morgan fingerprint density at radius 3 is 2.88 bits per heavy atom. The van der Waals surface area contributed by atoms with Crippen molar-refractivity contribution in [3.63, 3.8) is 0 Å². The Morgan fingerprint density at radius 2 is 2.31 bits per heavy atom. The van der Waals surface area contributed by atoms with E-state index in [0.29, 0.717) is 23.8 Å². The van der Waals surface area contributed by atoms with Gasteiger partial charge in [0.05, 0.1) is 23.7 Å². The van der Waals surface area contributed by atoms with E-state index in [4.69, 9.17) is 10.2 Å². The van der Waals surface area contributed by atoms with Crippen molar-refractivity contribution < 1.29 is 12.8 Å². The number of hydrogen-bond acceptors (Lipinski definition) is 5. The lowest BCUT2D eigenvalue weighted by atomic mass is 10.0. The van der Waals surface area contributed by atoms with Crippen LogP contribution < -0.4 is 5.73 Å². The van der Waals surface area contributed by atoms with Gasteiger partial charge in [-0.2, -0.15) is 0 Å². The number of sulfone groups is 1. The number of oxazole rings is 1. The van der Waals surface area contributed by atoms with Crippen LogP contribution in [0.25, 0.3) is 0 Å². The molecule has 0 aromatic carbocycles. The lowest BCUT2D eigenvalue weighted by molar-refractivity contribution is 0.470. The zero-order valence-electron chi connectivity index (χ0n) is 9.27. The lowest BCUT2D eigenvalue weighted by Gasteiger charge is -2.20. The predicted octanol–water partition coefficient (Wildman–Crippen LogP) is 0.734. The van der Waals surface area contributed by atoms with E-state index in [-0.39, 0.29) is 18.2 Å². The molecule has 0 amide bonds. The summed E-state index contributed by atoms with van der Waals surface area (Å²) in [4.78, 5) is 4.26. The molecule has 0 radical (unpaired) electrons. The summed E-state index contributed by atoms with van der Waals surface area (Å²) in [5, 5.41) is 0. The standard InChI is InChI=1S/C10H16N2O3S/c1-7-10(12-9(5-11)15-7)8-3-2-4-16(13,14)6-8/h8H,2-6,11H2,1H3. The summed E-state index contributed by atoms with van der Waals surface area (Å²) in [6.45, 7) is 2.06. The zero-order valence-corrected chi connectivity index (χ0v) is 10.1. The van der Waals surface area contributed by atoms with Crippen LogP contribution in [0.4, 0.5) is 0 Å². The van der Waals surface area contributed by atoms with Gasteiger partial charge in [0.1, 0.15) is 5.76 Å². The van der Waals surface area contributed by atoms with Gasteiger partial charge in [0.2, 0.25) is 5.89 Å². The quantitative estimate of drug-likeness (QED) is 0.829. The van der Waals surface area contributed by atoms with E-state index < -0.39 is 9.84 Å². The van der Waals surface area contributed by atoms with Gasteiger partial charge in [-0.25, -0.2) is 13.4 Å². The maximum Gasteiger partial charge on any atom is 0.208 e. The lowest BCUT2D eigenvalue weighted by Crippen LogP contribution is -2.24. The van der Waals surface area contributed by atoms with Crippen LogP contribution in [0.3, 0.4) is 0 Å². The van der Waals surface area contributed by atoms with Crippen LogP contribution in [0.5, 0.6) is 0 Å². The Balaban J connectivity index is 2.26. The van der Waals surface area contributed by atoms with Gasteiger partial charge in [0.15, 0.2) is 9.84 Å². The molecule has 1 aliphatic heterocycles. The highest BCUT2D eigenvalue weighted by Crippen LogP contribution is 2.29. The summed E-state index contributed by atoms with van der Waals surface area (Å²) < 4.78 is 28.4. The molecule has 0 spiro atoms. The Hall–Kier alpha value is -0.880. The van der Waals surface area contributed by atoms with Crippen LogP contribution in [0.2, 0.25) is 0 Å². The van der Waals surface area contributed by atoms with Gasteiger partial charge in [-0.05, 0) is 19.8 Å². The topological polar surface area (TPSA) is 86.2 Å². The SMILES string of the molecule is Cc1oc(CN)nc1C1CCCS(=O)(=O)C1. The second-order valence-electron chi connectivity index (χ2n) is 4.21. The fraction of sp³-hybridized carbons (Fsp3) is 0.700. The summed E-state index contributed by atoms with van der Waals surface area (Å²) >= 11 is 0. The number of aryl methyl sites for hydroxylation is 1. The van der Waals surface area contributed by atoms with Crippen molar-refractivity contribution in [2.75, 3.05) is 11.5 Å². The van der Waals surface area contributed by atoms with Crippen molar-refractivity contribution in [3.8, 4) is 0 Å². The van der Waals surface area contributed by atoms with E-state index in [2.05, 4.69) is 4.98 Å². The summed E-state index contributed by atoms with van der Waals surface area (Å²) in [6, 6.07) is 0. The first-order chi connectivity index (χ1) is 7.52. The molecule has 90 valence electrons. The first-order valence-corrected chi connectivity index (χ1v) is 7.20. The van der Waals surface area contributed by atoms with Crippen LogP contribution >= 0.6 is 0 Å². The molecule has 2 rings (SSSR count). The molecular formula is C10H16N2O3S. The molecule has 0 aliphatic carbocycles. The molecule has 0 bridgehead atoms. The van der Waals surface area contributed by atoms with Crippen molar-refractivity contribution >= 4 is 9.84 Å². The second-order valence-corrected chi connectivity index (χ2v) is 6.44. The average molecular weight is 244 g/mol. The van der Waals surface area contributed by atoms with E-state index >= 15 is 0 Å². The van der Waals surface area contributed by atoms with Crippen molar-refractivity contribution in [3.05, 3.63) is 17.3 Å². The van der Waals surface area contributed by atoms with Gasteiger partial charge in [-0.3, -0.25) is 0 Å². The number of nitrogens with two attached hydrogens (primary N) is 1. The Labute approximate surface area is 95.0 Å². The van der Waals surface area contributed by atoms with Gasteiger partial charge in [-0.15, -0.1) is 0 Å². The Bertz CT molecular complexity index is 478. The number of nitrogens with zero attached hydrogens (tertiary/aromatic N) is 1. The van der Waals surface area contributed by atoms with E-state index in [1.165, 1.54) is 0 Å². The molecule has 1 unspecified atom stereocenters. The van der Waals surface area contributed by atoms with Gasteiger partial charge >= 0.3 is 0 Å². The molecule has 6 heteroatoms. The van der Waals surface area contributed by atoms with Gasteiger partial charge in [-0.1, -0.05) is 0 Å². The molecule has 1 atom stereocenters. The highest BCUT2D eigenvalue weighted by atomic mass is 32.2. The zero-order chi connectivity index (χ0) is 11.8. The average Bonchev–Trinajstić information content (AvgIpc) is 2.58. The highest BCUT2D eigenvalue weighted by Gasteiger charge is 2.29. The maximum absolute atomic E-state index is 11.5. The minimum absolute atomic E-state index is 0.0252. The third kappa shape index (κ3) is 2.27. The van der Waals surface area contributed by atoms with E-state index in [9.17, 15) is 8.42 Å². The van der Waals surface area contributed by atoms with Crippen molar-refractivity contribution in [2.45, 2.75) is 32.2 Å². The molecule has 16 heavy (non-hydrogen) atoms. The predicted molar refractivity (Wildman–Crippen MR) is 59.8 cm³/mol. The molecule has 1 fully saturated rings. The Kier molecular flexibility index (Phi) is 3.03. The third-order valence-electron chi connectivity index (χ3n) is 2.90. The fourth-order valence-corrected chi connectivity index (χ4v) is 3.88. The molecule has 1 aliphatic rings. The van der Waals surface area contributed by atoms with E-state index in [1.54, 1.807) is 0 Å². The van der Waals surface area contributed by atoms with Crippen LogP contribution in [-0.2, 0) is 16.4 Å². The molecule has 1 aromatic rings. The smallest absolute Gasteiger partial charge is 0.208 e. The molecule has 1 saturated heterocycles. The van der Waals surface area contributed by atoms with Crippen LogP contribution in [-0.4, -0.2) is 24.9 Å². The number of aromatic nitrogens is 1. The van der Waals surface area contributed by atoms with Crippen LogP contribution in [0.1, 0.15) is 36.1 Å². The second kappa shape index (κ2) is 4.18. The van der Waals surface area contributed by atoms with Crippen molar-refractivity contribution in [1.82, 2.24) is 4.98 Å². The first-order valence-electron chi connectivity index (χ1n) is 5.38.